The molecule has 1 aromatic carbocycles. The van der Waals surface area contributed by atoms with E-state index in [1.807, 2.05) is 41.8 Å². The molecule has 0 spiro atoms. The van der Waals surface area contributed by atoms with Crippen molar-refractivity contribution < 1.29 is 9.63 Å². The fourth-order valence-corrected chi connectivity index (χ4v) is 1.96. The minimum absolute atomic E-state index is 0.428. The van der Waals surface area contributed by atoms with E-state index in [1.165, 1.54) is 11.3 Å². The zero-order valence-corrected chi connectivity index (χ0v) is 11.3. The monoisotopic (exact) mass is 271 g/mol. The van der Waals surface area contributed by atoms with Gasteiger partial charge in [0.15, 0.2) is 0 Å². The van der Waals surface area contributed by atoms with Gasteiger partial charge in [0.05, 0.1) is 5.71 Å². The summed E-state index contributed by atoms with van der Waals surface area (Å²) in [7, 11) is 0. The second kappa shape index (κ2) is 6.66. The largest absolute Gasteiger partial charge is 0.375 e. The van der Waals surface area contributed by atoms with E-state index in [1.54, 1.807) is 25.1 Å². The second-order valence-corrected chi connectivity index (χ2v) is 4.78. The SMILES string of the molecule is CC(/C=C/c1ccccc1)=NOC(=O)c1cccs1. The van der Waals surface area contributed by atoms with Crippen LogP contribution in [-0.4, -0.2) is 11.7 Å². The number of carbonyl (C=O) groups excluding carboxylic acids is 1. The second-order valence-electron chi connectivity index (χ2n) is 3.83. The number of thiophene rings is 1. The zero-order chi connectivity index (χ0) is 13.5. The fourth-order valence-electron chi connectivity index (χ4n) is 1.36. The van der Waals surface area contributed by atoms with E-state index < -0.39 is 5.97 Å². The molecule has 0 aliphatic rings. The summed E-state index contributed by atoms with van der Waals surface area (Å²) < 4.78 is 0. The first-order valence-corrected chi connectivity index (χ1v) is 6.66. The molecule has 0 unspecified atom stereocenters. The summed E-state index contributed by atoms with van der Waals surface area (Å²) in [5, 5.41) is 5.60. The maximum absolute atomic E-state index is 11.5. The molecule has 0 atom stereocenters. The van der Waals surface area contributed by atoms with Gasteiger partial charge in [0, 0.05) is 0 Å². The number of rotatable bonds is 4. The minimum Gasteiger partial charge on any atom is -0.312 e. The molecular weight excluding hydrogens is 258 g/mol. The maximum Gasteiger partial charge on any atom is 0.375 e. The van der Waals surface area contributed by atoms with Crippen LogP contribution in [0.5, 0.6) is 0 Å². The Bertz CT molecular complexity index is 586. The van der Waals surface area contributed by atoms with Crippen molar-refractivity contribution in [2.24, 2.45) is 5.16 Å². The normalized spacial score (nSPS) is 11.7. The molecule has 1 aromatic heterocycles. The van der Waals surface area contributed by atoms with Gasteiger partial charge in [-0.15, -0.1) is 11.3 Å². The standard InChI is InChI=1S/C15H13NO2S/c1-12(9-10-13-6-3-2-4-7-13)16-18-15(17)14-8-5-11-19-14/h2-11H,1H3/b10-9+,16-12?. The topological polar surface area (TPSA) is 38.7 Å². The molecule has 2 aromatic rings. The molecule has 0 amide bonds. The van der Waals surface area contributed by atoms with E-state index in [0.29, 0.717) is 10.6 Å². The van der Waals surface area contributed by atoms with Gasteiger partial charge in [0.2, 0.25) is 0 Å². The summed E-state index contributed by atoms with van der Waals surface area (Å²) in [6, 6.07) is 13.4. The first-order chi connectivity index (χ1) is 9.25. The number of hydrogen-bond donors (Lipinski definition) is 0. The third-order valence-electron chi connectivity index (χ3n) is 2.31. The lowest BCUT2D eigenvalue weighted by Gasteiger charge is -1.95. The molecule has 0 saturated carbocycles. The Kier molecular flexibility index (Phi) is 4.64. The van der Waals surface area contributed by atoms with E-state index >= 15 is 0 Å². The summed E-state index contributed by atoms with van der Waals surface area (Å²) in [5.74, 6) is -0.428. The highest BCUT2D eigenvalue weighted by molar-refractivity contribution is 7.11. The van der Waals surface area contributed by atoms with Crippen molar-refractivity contribution in [2.75, 3.05) is 0 Å². The molecule has 1 heterocycles. The Morgan fingerprint density at radius 3 is 2.68 bits per heavy atom. The predicted octanol–water partition coefficient (Wildman–Crippen LogP) is 3.99. The van der Waals surface area contributed by atoms with Gasteiger partial charge in [-0.25, -0.2) is 4.79 Å². The van der Waals surface area contributed by atoms with E-state index in [-0.39, 0.29) is 0 Å². The minimum atomic E-state index is -0.428. The molecule has 2 rings (SSSR count). The van der Waals surface area contributed by atoms with Crippen molar-refractivity contribution in [3.8, 4) is 0 Å². The third-order valence-corrected chi connectivity index (χ3v) is 3.16. The third kappa shape index (κ3) is 4.19. The smallest absolute Gasteiger partial charge is 0.312 e. The highest BCUT2D eigenvalue weighted by Crippen LogP contribution is 2.10. The highest BCUT2D eigenvalue weighted by Gasteiger charge is 2.07. The first kappa shape index (κ1) is 13.2. The van der Waals surface area contributed by atoms with Gasteiger partial charge in [-0.05, 0) is 30.0 Å². The number of hydrogen-bond acceptors (Lipinski definition) is 4. The Balaban J connectivity index is 1.93. The lowest BCUT2D eigenvalue weighted by atomic mass is 10.2. The maximum atomic E-state index is 11.5. The average molecular weight is 271 g/mol. The lowest BCUT2D eigenvalue weighted by Crippen LogP contribution is -1.99. The Morgan fingerprint density at radius 1 is 1.21 bits per heavy atom. The van der Waals surface area contributed by atoms with Gasteiger partial charge in [-0.1, -0.05) is 47.6 Å². The van der Waals surface area contributed by atoms with E-state index in [0.717, 1.165) is 5.56 Å². The molecule has 0 saturated heterocycles. The average Bonchev–Trinajstić information content (AvgIpc) is 2.98. The molecule has 19 heavy (non-hydrogen) atoms. The summed E-state index contributed by atoms with van der Waals surface area (Å²) in [4.78, 5) is 16.9. The van der Waals surface area contributed by atoms with Crippen LogP contribution in [0.2, 0.25) is 0 Å². The summed E-state index contributed by atoms with van der Waals surface area (Å²) >= 11 is 1.33. The van der Waals surface area contributed by atoms with Gasteiger partial charge >= 0.3 is 5.97 Å². The van der Waals surface area contributed by atoms with Crippen LogP contribution in [0.25, 0.3) is 6.08 Å². The van der Waals surface area contributed by atoms with Crippen molar-refractivity contribution in [3.63, 3.8) is 0 Å². The number of nitrogens with zero attached hydrogens (tertiary/aromatic N) is 1. The Labute approximate surface area is 115 Å². The van der Waals surface area contributed by atoms with Crippen LogP contribution in [0, 0.1) is 0 Å². The van der Waals surface area contributed by atoms with Gasteiger partial charge in [0.1, 0.15) is 4.88 Å². The molecule has 0 fully saturated rings. The van der Waals surface area contributed by atoms with Crippen LogP contribution >= 0.6 is 11.3 Å². The molecule has 0 N–H and O–H groups in total. The molecule has 0 bridgehead atoms. The van der Waals surface area contributed by atoms with Gasteiger partial charge in [-0.2, -0.15) is 0 Å². The van der Waals surface area contributed by atoms with Gasteiger partial charge in [-0.3, -0.25) is 0 Å². The number of allylic oxidation sites excluding steroid dienone is 1. The lowest BCUT2D eigenvalue weighted by molar-refractivity contribution is 0.0522. The van der Waals surface area contributed by atoms with Gasteiger partial charge in [0.25, 0.3) is 0 Å². The summed E-state index contributed by atoms with van der Waals surface area (Å²) in [6.07, 6.45) is 3.72. The number of oxime groups is 1. The van der Waals surface area contributed by atoms with Crippen molar-refractivity contribution >= 4 is 29.1 Å². The predicted molar refractivity (Wildman–Crippen MR) is 78.3 cm³/mol. The molecule has 0 aliphatic carbocycles. The molecular formula is C15H13NO2S. The number of benzene rings is 1. The van der Waals surface area contributed by atoms with E-state index in [9.17, 15) is 4.79 Å². The van der Waals surface area contributed by atoms with Crippen molar-refractivity contribution in [3.05, 3.63) is 64.4 Å². The molecule has 4 heteroatoms. The van der Waals surface area contributed by atoms with Crippen molar-refractivity contribution in [2.45, 2.75) is 6.92 Å². The Hall–Kier alpha value is -2.20. The molecule has 3 nitrogen and oxygen atoms in total. The van der Waals surface area contributed by atoms with Crippen LogP contribution in [-0.2, 0) is 4.84 Å². The Morgan fingerprint density at radius 2 is 2.00 bits per heavy atom. The van der Waals surface area contributed by atoms with Crippen LogP contribution in [0.3, 0.4) is 0 Å². The number of carbonyl (C=O) groups is 1. The summed E-state index contributed by atoms with van der Waals surface area (Å²) in [6.45, 7) is 1.78. The van der Waals surface area contributed by atoms with Crippen molar-refractivity contribution in [1.29, 1.82) is 0 Å². The summed E-state index contributed by atoms with van der Waals surface area (Å²) in [5.41, 5.74) is 1.70. The van der Waals surface area contributed by atoms with Crippen molar-refractivity contribution in [1.82, 2.24) is 0 Å². The van der Waals surface area contributed by atoms with E-state index in [4.69, 9.17) is 4.84 Å². The fraction of sp³-hybridized carbons (Fsp3) is 0.0667. The molecule has 0 aliphatic heterocycles. The highest BCUT2D eigenvalue weighted by atomic mass is 32.1. The van der Waals surface area contributed by atoms with Crippen LogP contribution in [0.1, 0.15) is 22.2 Å². The molecule has 0 radical (unpaired) electrons. The van der Waals surface area contributed by atoms with Crippen LogP contribution in [0.4, 0.5) is 0 Å². The zero-order valence-electron chi connectivity index (χ0n) is 10.4. The van der Waals surface area contributed by atoms with Crippen LogP contribution in [0.15, 0.2) is 59.1 Å². The van der Waals surface area contributed by atoms with Gasteiger partial charge < -0.3 is 4.84 Å². The van der Waals surface area contributed by atoms with E-state index in [2.05, 4.69) is 5.16 Å². The van der Waals surface area contributed by atoms with Crippen LogP contribution < -0.4 is 0 Å². The first-order valence-electron chi connectivity index (χ1n) is 5.78. The quantitative estimate of drug-likeness (QED) is 0.479. The molecule has 96 valence electrons.